The zero-order valence-electron chi connectivity index (χ0n) is 17.6. The first-order chi connectivity index (χ1) is 14.0. The number of hydrogen-bond acceptors (Lipinski definition) is 0. The monoisotopic (exact) mass is 404 g/mol. The lowest BCUT2D eigenvalue weighted by molar-refractivity contribution is -0.137. The van der Waals surface area contributed by atoms with Crippen molar-refractivity contribution in [1.82, 2.24) is 0 Å². The summed E-state index contributed by atoms with van der Waals surface area (Å²) in [6, 6.07) is 6.00. The van der Waals surface area contributed by atoms with E-state index in [1.807, 2.05) is 0 Å². The molecule has 29 heavy (non-hydrogen) atoms. The highest BCUT2D eigenvalue weighted by Gasteiger charge is 2.44. The molecule has 0 aliphatic heterocycles. The zero-order valence-corrected chi connectivity index (χ0v) is 17.6. The molecular formula is C26H35F3. The third-order valence-electron chi connectivity index (χ3n) is 8.15. The van der Waals surface area contributed by atoms with Crippen LogP contribution in [0, 0.1) is 29.6 Å². The fraction of sp³-hybridized carbons (Fsp3) is 0.692. The van der Waals surface area contributed by atoms with E-state index in [4.69, 9.17) is 0 Å². The van der Waals surface area contributed by atoms with Gasteiger partial charge in [0, 0.05) is 0 Å². The van der Waals surface area contributed by atoms with E-state index in [2.05, 4.69) is 19.1 Å². The topological polar surface area (TPSA) is 0 Å². The summed E-state index contributed by atoms with van der Waals surface area (Å²) in [5.41, 5.74) is 0.587. The predicted molar refractivity (Wildman–Crippen MR) is 113 cm³/mol. The van der Waals surface area contributed by atoms with Gasteiger partial charge in [-0.05, 0) is 111 Å². The number of hydrogen-bond donors (Lipinski definition) is 0. The molecule has 3 saturated carbocycles. The summed E-state index contributed by atoms with van der Waals surface area (Å²) in [6.45, 7) is 2.24. The number of fused-ring (bicyclic) bond motifs is 3. The molecule has 0 spiro atoms. The minimum absolute atomic E-state index is 0.448. The van der Waals surface area contributed by atoms with Gasteiger partial charge in [0.15, 0.2) is 0 Å². The summed E-state index contributed by atoms with van der Waals surface area (Å²) in [5, 5.41) is 0. The quantitative estimate of drug-likeness (QED) is 0.442. The van der Waals surface area contributed by atoms with Crippen LogP contribution in [0.3, 0.4) is 0 Å². The normalized spacial score (nSPS) is 35.3. The van der Waals surface area contributed by atoms with Gasteiger partial charge in [0.05, 0.1) is 5.56 Å². The molecule has 3 heteroatoms. The van der Waals surface area contributed by atoms with Gasteiger partial charge in [-0.15, -0.1) is 0 Å². The highest BCUT2D eigenvalue weighted by Crippen LogP contribution is 2.55. The molecule has 6 unspecified atom stereocenters. The molecule has 160 valence electrons. The van der Waals surface area contributed by atoms with E-state index in [0.29, 0.717) is 5.92 Å². The molecule has 3 aliphatic carbocycles. The fourth-order valence-corrected chi connectivity index (χ4v) is 6.71. The van der Waals surface area contributed by atoms with E-state index in [1.54, 1.807) is 12.1 Å². The van der Waals surface area contributed by atoms with Crippen molar-refractivity contribution in [2.45, 2.75) is 83.2 Å². The maximum Gasteiger partial charge on any atom is 0.416 e. The zero-order chi connectivity index (χ0) is 20.4. The summed E-state index contributed by atoms with van der Waals surface area (Å²) in [7, 11) is 0. The minimum atomic E-state index is -4.24. The molecule has 0 nitrogen and oxygen atoms in total. The Hall–Kier alpha value is -1.25. The molecule has 3 fully saturated rings. The standard InChI is InChI=1S/C26H35F3/c1-2-3-4-5-18-6-14-24-21(16-18)7-8-22-17-20(11-15-25(22)24)19-9-12-23(13-10-19)26(27,28)29/h4-5,9-10,12-13,18,20-22,24-25H,2-3,6-8,11,14-17H2,1H3/b5-4+. The maximum absolute atomic E-state index is 12.9. The van der Waals surface area contributed by atoms with Crippen LogP contribution >= 0.6 is 0 Å². The first kappa shape index (κ1) is 21.0. The van der Waals surface area contributed by atoms with Crippen molar-refractivity contribution >= 4 is 0 Å². The van der Waals surface area contributed by atoms with Crippen LogP contribution in [0.15, 0.2) is 36.4 Å². The van der Waals surface area contributed by atoms with Crippen molar-refractivity contribution in [2.24, 2.45) is 29.6 Å². The summed E-state index contributed by atoms with van der Waals surface area (Å²) in [5.74, 6) is 4.69. The van der Waals surface area contributed by atoms with E-state index in [1.165, 1.54) is 69.9 Å². The molecule has 0 saturated heterocycles. The lowest BCUT2D eigenvalue weighted by Crippen LogP contribution is -2.41. The fourth-order valence-electron chi connectivity index (χ4n) is 6.71. The van der Waals surface area contributed by atoms with Crippen LogP contribution in [0.25, 0.3) is 0 Å². The largest absolute Gasteiger partial charge is 0.416 e. The molecule has 4 rings (SSSR count). The Kier molecular flexibility index (Phi) is 6.41. The number of benzene rings is 1. The van der Waals surface area contributed by atoms with Crippen LogP contribution < -0.4 is 0 Å². The number of allylic oxidation sites excluding steroid dienone is 2. The van der Waals surface area contributed by atoms with E-state index >= 15 is 0 Å². The number of halogens is 3. The number of unbranched alkanes of at least 4 members (excludes halogenated alkanes) is 1. The van der Waals surface area contributed by atoms with Crippen LogP contribution in [0.1, 0.15) is 88.2 Å². The smallest absolute Gasteiger partial charge is 0.166 e. The highest BCUT2D eigenvalue weighted by molar-refractivity contribution is 5.27. The Morgan fingerprint density at radius 3 is 2.17 bits per heavy atom. The minimum Gasteiger partial charge on any atom is -0.166 e. The van der Waals surface area contributed by atoms with Crippen molar-refractivity contribution in [2.75, 3.05) is 0 Å². The van der Waals surface area contributed by atoms with Crippen molar-refractivity contribution in [1.29, 1.82) is 0 Å². The summed E-state index contributed by atoms with van der Waals surface area (Å²) < 4.78 is 38.6. The van der Waals surface area contributed by atoms with E-state index < -0.39 is 11.7 Å². The van der Waals surface area contributed by atoms with Crippen molar-refractivity contribution in [3.8, 4) is 0 Å². The predicted octanol–water partition coefficient (Wildman–Crippen LogP) is 8.39. The molecule has 3 aliphatic rings. The first-order valence-electron chi connectivity index (χ1n) is 11.8. The lowest BCUT2D eigenvalue weighted by Gasteiger charge is -2.50. The van der Waals surface area contributed by atoms with Crippen LogP contribution in [0.2, 0.25) is 0 Å². The average molecular weight is 405 g/mol. The number of rotatable bonds is 4. The third-order valence-corrected chi connectivity index (χ3v) is 8.15. The van der Waals surface area contributed by atoms with Crippen LogP contribution in [0.5, 0.6) is 0 Å². The Morgan fingerprint density at radius 2 is 1.52 bits per heavy atom. The van der Waals surface area contributed by atoms with Gasteiger partial charge in [0.25, 0.3) is 0 Å². The van der Waals surface area contributed by atoms with E-state index in [0.717, 1.165) is 41.6 Å². The molecule has 1 aromatic carbocycles. The summed E-state index contributed by atoms with van der Waals surface area (Å²) in [4.78, 5) is 0. The number of alkyl halides is 3. The molecule has 0 heterocycles. The van der Waals surface area contributed by atoms with Crippen molar-refractivity contribution in [3.63, 3.8) is 0 Å². The van der Waals surface area contributed by atoms with Crippen molar-refractivity contribution in [3.05, 3.63) is 47.5 Å². The third kappa shape index (κ3) is 4.75. The van der Waals surface area contributed by atoms with Gasteiger partial charge >= 0.3 is 6.18 Å². The van der Waals surface area contributed by atoms with Crippen LogP contribution in [-0.4, -0.2) is 0 Å². The molecule has 0 amide bonds. The molecule has 0 aromatic heterocycles. The lowest BCUT2D eigenvalue weighted by atomic mass is 9.55. The Labute approximate surface area is 174 Å². The van der Waals surface area contributed by atoms with Crippen molar-refractivity contribution < 1.29 is 13.2 Å². The Morgan fingerprint density at radius 1 is 0.862 bits per heavy atom. The van der Waals surface area contributed by atoms with Gasteiger partial charge in [-0.2, -0.15) is 13.2 Å². The van der Waals surface area contributed by atoms with Crippen LogP contribution in [0.4, 0.5) is 13.2 Å². The van der Waals surface area contributed by atoms with Gasteiger partial charge in [-0.1, -0.05) is 37.6 Å². The summed E-state index contributed by atoms with van der Waals surface area (Å²) in [6.07, 6.45) is 13.5. The van der Waals surface area contributed by atoms with Gasteiger partial charge in [0.2, 0.25) is 0 Å². The molecule has 0 N–H and O–H groups in total. The van der Waals surface area contributed by atoms with E-state index in [-0.39, 0.29) is 0 Å². The second-order valence-electron chi connectivity index (χ2n) is 9.84. The maximum atomic E-state index is 12.9. The van der Waals surface area contributed by atoms with Gasteiger partial charge < -0.3 is 0 Å². The molecule has 0 radical (unpaired) electrons. The Bertz CT molecular complexity index is 687. The SMILES string of the molecule is CCC/C=C/C1CCC2C(CCC3CC(c4ccc(C(F)(F)F)cc4)CCC32)C1. The van der Waals surface area contributed by atoms with Gasteiger partial charge in [-0.25, -0.2) is 0 Å². The molecule has 6 atom stereocenters. The summed E-state index contributed by atoms with van der Waals surface area (Å²) >= 11 is 0. The van der Waals surface area contributed by atoms with Crippen LogP contribution in [-0.2, 0) is 6.18 Å². The van der Waals surface area contributed by atoms with Gasteiger partial charge in [0.1, 0.15) is 0 Å². The molecule has 0 bridgehead atoms. The molecular weight excluding hydrogens is 369 g/mol. The Balaban J connectivity index is 1.36. The highest BCUT2D eigenvalue weighted by atomic mass is 19.4. The second kappa shape index (κ2) is 8.86. The second-order valence-corrected chi connectivity index (χ2v) is 9.84. The average Bonchev–Trinajstić information content (AvgIpc) is 2.73. The van der Waals surface area contributed by atoms with Gasteiger partial charge in [-0.3, -0.25) is 0 Å². The first-order valence-corrected chi connectivity index (χ1v) is 11.8. The van der Waals surface area contributed by atoms with E-state index in [9.17, 15) is 13.2 Å². The molecule has 1 aromatic rings.